The van der Waals surface area contributed by atoms with Crippen LogP contribution in [0.15, 0.2) is 22.7 Å². The standard InChI is InChI=1S/C14H20BrN3O3/c1-9-6-10(15)4-5-12(9)17-13(19)7-18(2)14(20)11(16)8-21-3/h4-6,11H,7-8,16H2,1-3H3,(H,17,19). The second-order valence-electron chi connectivity index (χ2n) is 4.76. The lowest BCUT2D eigenvalue weighted by Gasteiger charge is -2.20. The summed E-state index contributed by atoms with van der Waals surface area (Å²) in [5.41, 5.74) is 7.29. The van der Waals surface area contributed by atoms with E-state index in [1.54, 1.807) is 6.07 Å². The number of amides is 2. The van der Waals surface area contributed by atoms with Crippen LogP contribution >= 0.6 is 15.9 Å². The lowest BCUT2D eigenvalue weighted by atomic mass is 10.2. The number of nitrogens with one attached hydrogen (secondary N) is 1. The molecule has 1 unspecified atom stereocenters. The summed E-state index contributed by atoms with van der Waals surface area (Å²) in [5.74, 6) is -0.611. The molecule has 1 atom stereocenters. The van der Waals surface area contributed by atoms with Crippen molar-refractivity contribution in [2.75, 3.05) is 32.6 Å². The number of hydrogen-bond donors (Lipinski definition) is 2. The second kappa shape index (κ2) is 8.11. The Balaban J connectivity index is 2.58. The number of ether oxygens (including phenoxy) is 1. The number of benzene rings is 1. The van der Waals surface area contributed by atoms with Gasteiger partial charge < -0.3 is 20.7 Å². The highest BCUT2D eigenvalue weighted by molar-refractivity contribution is 9.10. The van der Waals surface area contributed by atoms with Gasteiger partial charge in [0.05, 0.1) is 13.2 Å². The van der Waals surface area contributed by atoms with Crippen LogP contribution in [0.25, 0.3) is 0 Å². The Morgan fingerprint density at radius 3 is 2.71 bits per heavy atom. The van der Waals surface area contributed by atoms with E-state index in [9.17, 15) is 9.59 Å². The first-order valence-electron chi connectivity index (χ1n) is 6.40. The topological polar surface area (TPSA) is 84.7 Å². The third kappa shape index (κ3) is 5.45. The zero-order valence-corrected chi connectivity index (χ0v) is 13.9. The molecule has 116 valence electrons. The van der Waals surface area contributed by atoms with Crippen LogP contribution in [0, 0.1) is 6.92 Å². The van der Waals surface area contributed by atoms with E-state index in [1.807, 2.05) is 19.1 Å². The van der Waals surface area contributed by atoms with Crippen molar-refractivity contribution in [2.24, 2.45) is 5.73 Å². The lowest BCUT2D eigenvalue weighted by molar-refractivity contribution is -0.135. The molecule has 6 nitrogen and oxygen atoms in total. The molecule has 7 heteroatoms. The summed E-state index contributed by atoms with van der Waals surface area (Å²) in [6.45, 7) is 1.95. The minimum absolute atomic E-state index is 0.0637. The van der Waals surface area contributed by atoms with Crippen LogP contribution < -0.4 is 11.1 Å². The van der Waals surface area contributed by atoms with E-state index in [0.717, 1.165) is 10.0 Å². The number of nitrogens with two attached hydrogens (primary N) is 1. The molecule has 0 saturated carbocycles. The molecule has 0 aliphatic rings. The Hall–Kier alpha value is -1.44. The van der Waals surface area contributed by atoms with E-state index < -0.39 is 6.04 Å². The molecule has 0 aliphatic heterocycles. The van der Waals surface area contributed by atoms with E-state index in [1.165, 1.54) is 19.1 Å². The van der Waals surface area contributed by atoms with Crippen molar-refractivity contribution in [2.45, 2.75) is 13.0 Å². The number of halogens is 1. The van der Waals surface area contributed by atoms with Crippen molar-refractivity contribution < 1.29 is 14.3 Å². The Bertz CT molecular complexity index is 522. The summed E-state index contributed by atoms with van der Waals surface area (Å²) in [6.07, 6.45) is 0. The molecule has 0 bridgehead atoms. The van der Waals surface area contributed by atoms with Gasteiger partial charge in [-0.1, -0.05) is 15.9 Å². The van der Waals surface area contributed by atoms with Crippen LogP contribution in [-0.4, -0.2) is 50.1 Å². The van der Waals surface area contributed by atoms with Crippen LogP contribution in [0.1, 0.15) is 5.56 Å². The smallest absolute Gasteiger partial charge is 0.243 e. The zero-order chi connectivity index (χ0) is 16.0. The van der Waals surface area contributed by atoms with Crippen molar-refractivity contribution in [3.63, 3.8) is 0 Å². The van der Waals surface area contributed by atoms with Gasteiger partial charge in [-0.2, -0.15) is 0 Å². The molecule has 1 aromatic carbocycles. The number of anilines is 1. The number of hydrogen-bond acceptors (Lipinski definition) is 4. The van der Waals surface area contributed by atoms with Crippen molar-refractivity contribution in [1.29, 1.82) is 0 Å². The molecule has 0 fully saturated rings. The van der Waals surface area contributed by atoms with Crippen molar-refractivity contribution in [1.82, 2.24) is 4.90 Å². The van der Waals surface area contributed by atoms with Gasteiger partial charge in [0.1, 0.15) is 6.04 Å². The first-order valence-corrected chi connectivity index (χ1v) is 7.20. The summed E-state index contributed by atoms with van der Waals surface area (Å²) in [6, 6.07) is 4.78. The fourth-order valence-corrected chi connectivity index (χ4v) is 2.26. The predicted molar refractivity (Wildman–Crippen MR) is 85.0 cm³/mol. The van der Waals surface area contributed by atoms with Gasteiger partial charge in [0.25, 0.3) is 0 Å². The van der Waals surface area contributed by atoms with Gasteiger partial charge in [-0.25, -0.2) is 0 Å². The minimum Gasteiger partial charge on any atom is -0.383 e. The van der Waals surface area contributed by atoms with Crippen molar-refractivity contribution in [3.8, 4) is 0 Å². The number of carbonyl (C=O) groups is 2. The van der Waals surface area contributed by atoms with Crippen LogP contribution in [0.4, 0.5) is 5.69 Å². The number of methoxy groups -OCH3 is 1. The van der Waals surface area contributed by atoms with Gasteiger partial charge in [0.15, 0.2) is 0 Å². The number of aryl methyl sites for hydroxylation is 1. The molecule has 0 heterocycles. The summed E-state index contributed by atoms with van der Waals surface area (Å²) in [7, 11) is 3.00. The number of likely N-dealkylation sites (N-methyl/N-ethyl adjacent to an activating group) is 1. The molecule has 0 aromatic heterocycles. The highest BCUT2D eigenvalue weighted by Gasteiger charge is 2.20. The Morgan fingerprint density at radius 2 is 2.14 bits per heavy atom. The van der Waals surface area contributed by atoms with E-state index in [-0.39, 0.29) is 25.0 Å². The summed E-state index contributed by atoms with van der Waals surface area (Å²) in [5, 5.41) is 2.77. The van der Waals surface area contributed by atoms with Gasteiger partial charge in [-0.15, -0.1) is 0 Å². The third-order valence-corrected chi connectivity index (χ3v) is 3.38. The fraction of sp³-hybridized carbons (Fsp3) is 0.429. The summed E-state index contributed by atoms with van der Waals surface area (Å²) >= 11 is 3.36. The molecule has 21 heavy (non-hydrogen) atoms. The van der Waals surface area contributed by atoms with Gasteiger partial charge in [-0.05, 0) is 30.7 Å². The van der Waals surface area contributed by atoms with E-state index >= 15 is 0 Å². The van der Waals surface area contributed by atoms with Gasteiger partial charge in [0, 0.05) is 24.3 Å². The molecular weight excluding hydrogens is 338 g/mol. The normalized spacial score (nSPS) is 11.9. The first kappa shape index (κ1) is 17.6. The summed E-state index contributed by atoms with van der Waals surface area (Å²) < 4.78 is 5.77. The Kier molecular flexibility index (Phi) is 6.80. The monoisotopic (exact) mass is 357 g/mol. The average Bonchev–Trinajstić information content (AvgIpc) is 2.41. The van der Waals surface area contributed by atoms with Crippen molar-refractivity contribution >= 4 is 33.4 Å². The van der Waals surface area contributed by atoms with Gasteiger partial charge in [0.2, 0.25) is 11.8 Å². The van der Waals surface area contributed by atoms with Crippen LogP contribution in [0.5, 0.6) is 0 Å². The zero-order valence-electron chi connectivity index (χ0n) is 12.4. The number of carbonyl (C=O) groups excluding carboxylic acids is 2. The molecule has 0 saturated heterocycles. The highest BCUT2D eigenvalue weighted by Crippen LogP contribution is 2.19. The van der Waals surface area contributed by atoms with Gasteiger partial charge in [-0.3, -0.25) is 9.59 Å². The molecular formula is C14H20BrN3O3. The maximum absolute atomic E-state index is 12.0. The molecule has 3 N–H and O–H groups in total. The maximum Gasteiger partial charge on any atom is 0.243 e. The van der Waals surface area contributed by atoms with E-state index in [0.29, 0.717) is 5.69 Å². The van der Waals surface area contributed by atoms with Crippen LogP contribution in [0.2, 0.25) is 0 Å². The minimum atomic E-state index is -0.762. The molecule has 1 aromatic rings. The molecule has 2 amide bonds. The number of rotatable bonds is 6. The first-order chi connectivity index (χ1) is 9.85. The lowest BCUT2D eigenvalue weighted by Crippen LogP contribution is -2.46. The average molecular weight is 358 g/mol. The maximum atomic E-state index is 12.0. The number of nitrogens with zero attached hydrogens (tertiary/aromatic N) is 1. The Morgan fingerprint density at radius 1 is 1.48 bits per heavy atom. The van der Waals surface area contributed by atoms with Crippen molar-refractivity contribution in [3.05, 3.63) is 28.2 Å². The summed E-state index contributed by atoms with van der Waals surface area (Å²) in [4.78, 5) is 25.1. The Labute approximate surface area is 132 Å². The van der Waals surface area contributed by atoms with Gasteiger partial charge >= 0.3 is 0 Å². The molecule has 1 rings (SSSR count). The molecule has 0 spiro atoms. The SMILES string of the molecule is COCC(N)C(=O)N(C)CC(=O)Nc1ccc(Br)cc1C. The van der Waals surface area contributed by atoms with E-state index in [4.69, 9.17) is 10.5 Å². The largest absolute Gasteiger partial charge is 0.383 e. The quantitative estimate of drug-likeness (QED) is 0.799. The fourth-order valence-electron chi connectivity index (χ4n) is 1.78. The second-order valence-corrected chi connectivity index (χ2v) is 5.68. The van der Waals surface area contributed by atoms with Crippen LogP contribution in [0.3, 0.4) is 0 Å². The predicted octanol–water partition coefficient (Wildman–Crippen LogP) is 1.13. The van der Waals surface area contributed by atoms with Crippen LogP contribution in [-0.2, 0) is 14.3 Å². The third-order valence-electron chi connectivity index (χ3n) is 2.88. The highest BCUT2D eigenvalue weighted by atomic mass is 79.9. The van der Waals surface area contributed by atoms with E-state index in [2.05, 4.69) is 21.2 Å². The molecule has 0 radical (unpaired) electrons. The molecule has 0 aliphatic carbocycles.